The molecule has 0 radical (unpaired) electrons. The van der Waals surface area contributed by atoms with E-state index in [1.54, 1.807) is 14.2 Å². The van der Waals surface area contributed by atoms with E-state index in [1.165, 1.54) is 11.8 Å². The Hall–Kier alpha value is -2.27. The Balaban J connectivity index is 1.55. The van der Waals surface area contributed by atoms with Gasteiger partial charge in [-0.25, -0.2) is 0 Å². The van der Waals surface area contributed by atoms with E-state index < -0.39 is 0 Å². The third kappa shape index (κ3) is 5.61. The summed E-state index contributed by atoms with van der Waals surface area (Å²) in [5, 5.41) is 11.2. The minimum Gasteiger partial charge on any atom is -0.493 e. The Morgan fingerprint density at radius 3 is 2.71 bits per heavy atom. The number of nitrogens with one attached hydrogen (secondary N) is 1. The lowest BCUT2D eigenvalue weighted by molar-refractivity contribution is -0.113. The van der Waals surface area contributed by atoms with Crippen LogP contribution in [0.5, 0.6) is 11.5 Å². The second-order valence-electron chi connectivity index (χ2n) is 5.68. The van der Waals surface area contributed by atoms with E-state index in [-0.39, 0.29) is 11.7 Å². The highest BCUT2D eigenvalue weighted by Crippen LogP contribution is 2.28. The zero-order valence-corrected chi connectivity index (χ0v) is 18.2. The molecule has 9 heteroatoms. The molecule has 0 aliphatic carbocycles. The van der Waals surface area contributed by atoms with Crippen molar-refractivity contribution in [1.82, 2.24) is 10.2 Å². The van der Waals surface area contributed by atoms with Gasteiger partial charge in [0.1, 0.15) is 0 Å². The second-order valence-corrected chi connectivity index (χ2v) is 7.85. The number of hydrogen-bond acceptors (Lipinski definition) is 7. The Morgan fingerprint density at radius 2 is 1.96 bits per heavy atom. The summed E-state index contributed by atoms with van der Waals surface area (Å²) in [5.41, 5.74) is 1.71. The van der Waals surface area contributed by atoms with Crippen LogP contribution in [0.3, 0.4) is 0 Å². The van der Waals surface area contributed by atoms with Crippen LogP contribution in [-0.2, 0) is 11.2 Å². The third-order valence-electron chi connectivity index (χ3n) is 3.69. The van der Waals surface area contributed by atoms with E-state index in [4.69, 9.17) is 13.9 Å². The Morgan fingerprint density at radius 1 is 1.14 bits per heavy atom. The summed E-state index contributed by atoms with van der Waals surface area (Å²) in [5.74, 6) is 1.82. The summed E-state index contributed by atoms with van der Waals surface area (Å²) in [7, 11) is 3.18. The lowest BCUT2D eigenvalue weighted by Gasteiger charge is -2.08. The fraction of sp³-hybridized carbons (Fsp3) is 0.211. The number of thioether (sulfide) groups is 1. The fourth-order valence-electron chi connectivity index (χ4n) is 2.42. The van der Waals surface area contributed by atoms with Crippen LogP contribution in [0.25, 0.3) is 0 Å². The summed E-state index contributed by atoms with van der Waals surface area (Å²) in [6, 6.07) is 13.2. The van der Waals surface area contributed by atoms with E-state index in [0.29, 0.717) is 29.0 Å². The van der Waals surface area contributed by atoms with Crippen molar-refractivity contribution < 1.29 is 18.7 Å². The minimum absolute atomic E-state index is 0.133. The second kappa shape index (κ2) is 9.78. The van der Waals surface area contributed by atoms with Crippen molar-refractivity contribution in [3.05, 3.63) is 57.5 Å². The predicted molar refractivity (Wildman–Crippen MR) is 115 cm³/mol. The molecule has 7 nitrogen and oxygen atoms in total. The minimum atomic E-state index is -0.133. The maximum atomic E-state index is 12.1. The number of benzene rings is 2. The van der Waals surface area contributed by atoms with Crippen LogP contribution in [-0.4, -0.2) is 36.1 Å². The molecule has 1 aromatic heterocycles. The first kappa shape index (κ1) is 20.5. The number of aromatic nitrogens is 2. The highest BCUT2D eigenvalue weighted by molar-refractivity contribution is 14.1. The van der Waals surface area contributed by atoms with Gasteiger partial charge in [-0.1, -0.05) is 23.9 Å². The number of carbonyl (C=O) groups is 1. The number of carbonyl (C=O) groups excluding carboxylic acids is 1. The SMILES string of the molecule is COc1ccc(Cc2nnc(SCC(=O)Nc3cccc(I)c3)o2)cc1OC. The summed E-state index contributed by atoms with van der Waals surface area (Å²) in [6.07, 6.45) is 0.461. The standard InChI is InChI=1S/C19H18IN3O4S/c1-25-15-7-6-12(8-16(15)26-2)9-18-22-23-19(27-18)28-11-17(24)21-14-5-3-4-13(20)10-14/h3-8,10H,9,11H2,1-2H3,(H,21,24). The first-order valence-electron chi connectivity index (χ1n) is 8.29. The van der Waals surface area contributed by atoms with Crippen molar-refractivity contribution in [2.75, 3.05) is 25.3 Å². The molecule has 0 bridgehead atoms. The number of halogens is 1. The van der Waals surface area contributed by atoms with E-state index in [1.807, 2.05) is 42.5 Å². The third-order valence-corrected chi connectivity index (χ3v) is 5.18. The molecule has 0 aliphatic rings. The normalized spacial score (nSPS) is 10.5. The number of amides is 1. The maximum absolute atomic E-state index is 12.1. The van der Waals surface area contributed by atoms with Gasteiger partial charge in [0.15, 0.2) is 11.5 Å². The summed E-state index contributed by atoms with van der Waals surface area (Å²) in [4.78, 5) is 12.1. The highest BCUT2D eigenvalue weighted by Gasteiger charge is 2.12. The molecule has 0 atom stereocenters. The zero-order valence-electron chi connectivity index (χ0n) is 15.3. The van der Waals surface area contributed by atoms with Crippen molar-refractivity contribution in [3.63, 3.8) is 0 Å². The van der Waals surface area contributed by atoms with Crippen LogP contribution < -0.4 is 14.8 Å². The van der Waals surface area contributed by atoms with Gasteiger partial charge < -0.3 is 19.2 Å². The Bertz CT molecular complexity index is 964. The Labute approximate surface area is 180 Å². The number of methoxy groups -OCH3 is 2. The molecular formula is C19H18IN3O4S. The molecule has 0 aliphatic heterocycles. The molecule has 1 amide bonds. The lowest BCUT2D eigenvalue weighted by atomic mass is 10.1. The van der Waals surface area contributed by atoms with Crippen molar-refractivity contribution in [1.29, 1.82) is 0 Å². The van der Waals surface area contributed by atoms with Gasteiger partial charge in [-0.2, -0.15) is 0 Å². The molecule has 1 N–H and O–H groups in total. The molecule has 28 heavy (non-hydrogen) atoms. The number of nitrogens with zero attached hydrogens (tertiary/aromatic N) is 2. The van der Waals surface area contributed by atoms with Gasteiger partial charge in [0.25, 0.3) is 5.22 Å². The van der Waals surface area contributed by atoms with E-state index >= 15 is 0 Å². The van der Waals surface area contributed by atoms with Crippen LogP contribution in [0, 0.1) is 3.57 Å². The van der Waals surface area contributed by atoms with Gasteiger partial charge >= 0.3 is 0 Å². The average Bonchev–Trinajstić information content (AvgIpc) is 3.13. The van der Waals surface area contributed by atoms with E-state index in [2.05, 4.69) is 38.1 Å². The van der Waals surface area contributed by atoms with Crippen LogP contribution in [0.1, 0.15) is 11.5 Å². The van der Waals surface area contributed by atoms with Crippen LogP contribution in [0.4, 0.5) is 5.69 Å². The first-order valence-corrected chi connectivity index (χ1v) is 10.4. The Kier molecular flexibility index (Phi) is 7.15. The molecule has 2 aromatic carbocycles. The van der Waals surface area contributed by atoms with Gasteiger partial charge in [-0.05, 0) is 58.5 Å². The van der Waals surface area contributed by atoms with Crippen molar-refractivity contribution >= 4 is 45.9 Å². The number of rotatable bonds is 8. The van der Waals surface area contributed by atoms with Crippen LogP contribution >= 0.6 is 34.4 Å². The zero-order chi connectivity index (χ0) is 19.9. The summed E-state index contributed by atoms with van der Waals surface area (Å²) in [6.45, 7) is 0. The molecule has 0 fully saturated rings. The predicted octanol–water partition coefficient (Wildman–Crippen LogP) is 4.01. The largest absolute Gasteiger partial charge is 0.493 e. The van der Waals surface area contributed by atoms with Crippen LogP contribution in [0.15, 0.2) is 52.1 Å². The van der Waals surface area contributed by atoms with Gasteiger partial charge in [-0.15, -0.1) is 10.2 Å². The quantitative estimate of drug-likeness (QED) is 0.361. The number of hydrogen-bond donors (Lipinski definition) is 1. The number of ether oxygens (including phenoxy) is 2. The molecule has 146 valence electrons. The molecule has 0 spiro atoms. The molecule has 3 aromatic rings. The highest BCUT2D eigenvalue weighted by atomic mass is 127. The smallest absolute Gasteiger partial charge is 0.277 e. The van der Waals surface area contributed by atoms with Gasteiger partial charge in [0, 0.05) is 9.26 Å². The van der Waals surface area contributed by atoms with Gasteiger partial charge in [-0.3, -0.25) is 4.79 Å². The maximum Gasteiger partial charge on any atom is 0.277 e. The molecule has 0 unspecified atom stereocenters. The molecule has 1 heterocycles. The van der Waals surface area contributed by atoms with Gasteiger partial charge in [0.05, 0.1) is 26.4 Å². The monoisotopic (exact) mass is 511 g/mol. The molecule has 0 saturated carbocycles. The summed E-state index contributed by atoms with van der Waals surface area (Å²) < 4.78 is 17.2. The van der Waals surface area contributed by atoms with Gasteiger partial charge in [0.2, 0.25) is 11.8 Å². The van der Waals surface area contributed by atoms with Crippen molar-refractivity contribution in [3.8, 4) is 11.5 Å². The van der Waals surface area contributed by atoms with Crippen molar-refractivity contribution in [2.24, 2.45) is 0 Å². The lowest BCUT2D eigenvalue weighted by Crippen LogP contribution is -2.14. The molecular weight excluding hydrogens is 493 g/mol. The fourth-order valence-corrected chi connectivity index (χ4v) is 3.55. The topological polar surface area (TPSA) is 86.5 Å². The molecule has 3 rings (SSSR count). The average molecular weight is 511 g/mol. The first-order chi connectivity index (χ1) is 13.6. The van der Waals surface area contributed by atoms with Crippen LogP contribution in [0.2, 0.25) is 0 Å². The van der Waals surface area contributed by atoms with E-state index in [9.17, 15) is 4.79 Å². The summed E-state index contributed by atoms with van der Waals surface area (Å²) >= 11 is 3.40. The van der Waals surface area contributed by atoms with E-state index in [0.717, 1.165) is 14.8 Å². The van der Waals surface area contributed by atoms with Crippen molar-refractivity contribution in [2.45, 2.75) is 11.6 Å². The number of anilines is 1. The molecule has 0 saturated heterocycles.